The summed E-state index contributed by atoms with van der Waals surface area (Å²) in [5, 5.41) is 0. The van der Waals surface area contributed by atoms with E-state index in [0.717, 1.165) is 11.9 Å². The average molecular weight is 268 g/mol. The van der Waals surface area contributed by atoms with Gasteiger partial charge in [0.25, 0.3) is 10.0 Å². The van der Waals surface area contributed by atoms with Gasteiger partial charge in [-0.2, -0.15) is 0 Å². The van der Waals surface area contributed by atoms with E-state index in [9.17, 15) is 8.42 Å². The monoisotopic (exact) mass is 268 g/mol. The van der Waals surface area contributed by atoms with Crippen LogP contribution in [0.4, 0.5) is 5.69 Å². The topological polar surface area (TPSA) is 59.0 Å². The summed E-state index contributed by atoms with van der Waals surface area (Å²) in [5.41, 5.74) is 0.298. The van der Waals surface area contributed by atoms with Crippen LogP contribution in [-0.4, -0.2) is 33.2 Å². The molecule has 6 heteroatoms. The Morgan fingerprint density at radius 3 is 2.50 bits per heavy atom. The van der Waals surface area contributed by atoms with Crippen LogP contribution in [0, 0.1) is 0 Å². The molecule has 0 aliphatic carbocycles. The van der Waals surface area contributed by atoms with Gasteiger partial charge in [0, 0.05) is 7.05 Å². The normalized spacial score (nSPS) is 20.4. The molecule has 2 rings (SSSR count). The van der Waals surface area contributed by atoms with Gasteiger partial charge in [0.15, 0.2) is 5.75 Å². The van der Waals surface area contributed by atoms with Crippen molar-refractivity contribution in [1.82, 2.24) is 0 Å². The summed E-state index contributed by atoms with van der Waals surface area (Å²) in [5.74, 6) is 0.799. The van der Waals surface area contributed by atoms with Crippen LogP contribution in [0.15, 0.2) is 28.7 Å². The lowest BCUT2D eigenvalue weighted by Gasteiger charge is -2.42. The minimum atomic E-state index is -3.48. The van der Waals surface area contributed by atoms with Crippen molar-refractivity contribution in [3.8, 4) is 5.75 Å². The summed E-state index contributed by atoms with van der Waals surface area (Å²) in [4.78, 5) is 1.95. The second-order valence-electron chi connectivity index (χ2n) is 4.82. The maximum atomic E-state index is 11.3. The minimum absolute atomic E-state index is 0.186. The van der Waals surface area contributed by atoms with Crippen molar-refractivity contribution in [2.75, 3.05) is 18.2 Å². The van der Waals surface area contributed by atoms with Crippen molar-refractivity contribution >= 4 is 21.6 Å². The van der Waals surface area contributed by atoms with Crippen molar-refractivity contribution in [3.63, 3.8) is 0 Å². The van der Waals surface area contributed by atoms with E-state index < -0.39 is 15.6 Å². The second-order valence-corrected chi connectivity index (χ2v) is 6.47. The molecular weight excluding hydrogens is 252 g/mol. The summed E-state index contributed by atoms with van der Waals surface area (Å²) in [6, 6.07) is 7.46. The Kier molecular flexibility index (Phi) is 2.85. The highest BCUT2D eigenvalue weighted by Crippen LogP contribution is 2.37. The van der Waals surface area contributed by atoms with Crippen LogP contribution in [0.25, 0.3) is 0 Å². The van der Waals surface area contributed by atoms with Gasteiger partial charge < -0.3 is 9.64 Å². The van der Waals surface area contributed by atoms with Crippen LogP contribution in [0.2, 0.25) is 0 Å². The molecule has 1 aliphatic heterocycles. The molecule has 98 valence electrons. The van der Waals surface area contributed by atoms with Crippen LogP contribution in [0.5, 0.6) is 5.75 Å². The quantitative estimate of drug-likeness (QED) is 0.777. The van der Waals surface area contributed by atoms with Crippen molar-refractivity contribution in [2.24, 2.45) is 4.40 Å². The smallest absolute Gasteiger partial charge is 0.253 e. The number of ether oxygens (including phenoxy) is 1. The summed E-state index contributed by atoms with van der Waals surface area (Å²) < 4.78 is 32.0. The summed E-state index contributed by atoms with van der Waals surface area (Å²) in [7, 11) is -1.60. The molecule has 0 fully saturated rings. The van der Waals surface area contributed by atoms with Gasteiger partial charge in [0.2, 0.25) is 5.90 Å². The fraction of sp³-hybridized carbons (Fsp3) is 0.417. The van der Waals surface area contributed by atoms with E-state index in [2.05, 4.69) is 4.40 Å². The molecule has 0 saturated carbocycles. The van der Waals surface area contributed by atoms with Gasteiger partial charge in [0.1, 0.15) is 5.54 Å². The highest BCUT2D eigenvalue weighted by molar-refractivity contribution is 7.89. The summed E-state index contributed by atoms with van der Waals surface area (Å²) in [6.07, 6.45) is 1.06. The van der Waals surface area contributed by atoms with E-state index in [1.54, 1.807) is 6.07 Å². The number of para-hydroxylation sites is 2. The molecule has 0 amide bonds. The molecule has 1 aliphatic rings. The fourth-order valence-electron chi connectivity index (χ4n) is 1.78. The number of rotatable bonds is 1. The number of fused-ring (bicyclic) bond motifs is 1. The molecule has 0 N–H and O–H groups in total. The van der Waals surface area contributed by atoms with Gasteiger partial charge in [-0.05, 0) is 26.0 Å². The van der Waals surface area contributed by atoms with E-state index >= 15 is 0 Å². The van der Waals surface area contributed by atoms with Crippen molar-refractivity contribution in [1.29, 1.82) is 0 Å². The van der Waals surface area contributed by atoms with E-state index in [4.69, 9.17) is 4.74 Å². The molecule has 0 spiro atoms. The third kappa shape index (κ3) is 2.20. The number of likely N-dealkylation sites (N-methyl/N-ethyl adjacent to an activating group) is 1. The van der Waals surface area contributed by atoms with Crippen molar-refractivity contribution < 1.29 is 13.2 Å². The molecule has 5 nitrogen and oxygen atoms in total. The Hall–Kier alpha value is -1.56. The lowest BCUT2D eigenvalue weighted by molar-refractivity contribution is 0.439. The molecule has 1 aromatic carbocycles. The van der Waals surface area contributed by atoms with Crippen LogP contribution >= 0.6 is 0 Å². The van der Waals surface area contributed by atoms with Gasteiger partial charge in [-0.1, -0.05) is 12.1 Å². The number of anilines is 1. The number of sulfonamides is 1. The first-order chi connectivity index (χ1) is 8.22. The Bertz CT molecular complexity index is 606. The van der Waals surface area contributed by atoms with Crippen LogP contribution < -0.4 is 9.64 Å². The van der Waals surface area contributed by atoms with E-state index in [0.29, 0.717) is 5.75 Å². The number of nitrogens with zero attached hydrogens (tertiary/aromatic N) is 2. The maximum Gasteiger partial charge on any atom is 0.253 e. The highest BCUT2D eigenvalue weighted by atomic mass is 32.2. The van der Waals surface area contributed by atoms with Crippen molar-refractivity contribution in [2.45, 2.75) is 19.4 Å². The fourth-order valence-corrected chi connectivity index (χ4v) is 2.34. The summed E-state index contributed by atoms with van der Waals surface area (Å²) >= 11 is 0. The van der Waals surface area contributed by atoms with Crippen LogP contribution in [-0.2, 0) is 10.0 Å². The standard InChI is InChI=1S/C12H16N2O3S/c1-12(2)11(13-18(4,15)16)17-10-8-6-5-7-9(10)14(12)3/h5-8H,1-4H3. The first-order valence-corrected chi connectivity index (χ1v) is 7.38. The zero-order chi connectivity index (χ0) is 13.6. The Balaban J connectivity index is 2.59. The third-order valence-corrected chi connectivity index (χ3v) is 3.54. The minimum Gasteiger partial charge on any atom is -0.437 e. The number of hydrogen-bond acceptors (Lipinski definition) is 4. The molecule has 0 atom stereocenters. The van der Waals surface area contributed by atoms with Gasteiger partial charge in [-0.25, -0.2) is 8.42 Å². The van der Waals surface area contributed by atoms with Gasteiger partial charge in [-0.3, -0.25) is 0 Å². The van der Waals surface area contributed by atoms with E-state index in [1.807, 2.05) is 44.0 Å². The molecular formula is C12H16N2O3S. The SMILES string of the molecule is CN1c2ccccc2OC(=NS(C)(=O)=O)C1(C)C. The van der Waals surface area contributed by atoms with E-state index in [-0.39, 0.29) is 5.90 Å². The molecule has 0 unspecified atom stereocenters. The zero-order valence-electron chi connectivity index (χ0n) is 10.8. The molecule has 0 aromatic heterocycles. The molecule has 18 heavy (non-hydrogen) atoms. The number of benzene rings is 1. The summed E-state index contributed by atoms with van der Waals surface area (Å²) in [6.45, 7) is 3.74. The molecule has 0 radical (unpaired) electrons. The van der Waals surface area contributed by atoms with E-state index in [1.165, 1.54) is 0 Å². The maximum absolute atomic E-state index is 11.3. The Morgan fingerprint density at radius 1 is 1.28 bits per heavy atom. The third-order valence-electron chi connectivity index (χ3n) is 3.04. The van der Waals surface area contributed by atoms with Crippen LogP contribution in [0.3, 0.4) is 0 Å². The first kappa shape index (κ1) is 12.9. The highest BCUT2D eigenvalue weighted by Gasteiger charge is 2.39. The van der Waals surface area contributed by atoms with Crippen LogP contribution in [0.1, 0.15) is 13.8 Å². The van der Waals surface area contributed by atoms with Gasteiger partial charge >= 0.3 is 0 Å². The van der Waals surface area contributed by atoms with Gasteiger partial charge in [0.05, 0.1) is 11.9 Å². The first-order valence-electron chi connectivity index (χ1n) is 5.53. The Morgan fingerprint density at radius 2 is 1.89 bits per heavy atom. The lowest BCUT2D eigenvalue weighted by Crippen LogP contribution is -2.53. The van der Waals surface area contributed by atoms with Crippen molar-refractivity contribution in [3.05, 3.63) is 24.3 Å². The Labute approximate surface area is 107 Å². The predicted molar refractivity (Wildman–Crippen MR) is 71.8 cm³/mol. The molecule has 1 aromatic rings. The average Bonchev–Trinajstić information content (AvgIpc) is 2.24. The lowest BCUT2D eigenvalue weighted by atomic mass is 10.00. The molecule has 0 saturated heterocycles. The molecule has 1 heterocycles. The second kappa shape index (κ2) is 3.98. The predicted octanol–water partition coefficient (Wildman–Crippen LogP) is 1.65. The molecule has 0 bridgehead atoms. The zero-order valence-corrected chi connectivity index (χ0v) is 11.7. The van der Waals surface area contributed by atoms with Gasteiger partial charge in [-0.15, -0.1) is 4.40 Å². The number of hydrogen-bond donors (Lipinski definition) is 0. The largest absolute Gasteiger partial charge is 0.437 e.